The highest BCUT2D eigenvalue weighted by atomic mass is 35.5. The smallest absolute Gasteiger partial charge is 0.298 e. The number of amides is 2. The lowest BCUT2D eigenvalue weighted by molar-refractivity contribution is -0.113. The monoisotopic (exact) mass is 345 g/mol. The molecule has 4 nitrogen and oxygen atoms in total. The van der Waals surface area contributed by atoms with Crippen LogP contribution in [0.4, 0.5) is 10.5 Å². The Hall–Kier alpha value is -2.24. The first-order chi connectivity index (χ1) is 11.1. The number of rotatable bonds is 3. The Labute approximate surface area is 142 Å². The molecule has 23 heavy (non-hydrogen) atoms. The maximum Gasteiger partial charge on any atom is 0.298 e. The Morgan fingerprint density at radius 2 is 1.78 bits per heavy atom. The van der Waals surface area contributed by atoms with Crippen molar-refractivity contribution >= 4 is 46.3 Å². The third-order valence-corrected chi connectivity index (χ3v) is 4.49. The number of nitrogens with zero attached hydrogens (tertiary/aromatic N) is 1. The summed E-state index contributed by atoms with van der Waals surface area (Å²) < 4.78 is 5.10. The van der Waals surface area contributed by atoms with Crippen LogP contribution in [0.25, 0.3) is 6.08 Å². The predicted molar refractivity (Wildman–Crippen MR) is 92.9 cm³/mol. The van der Waals surface area contributed by atoms with Crippen molar-refractivity contribution in [2.24, 2.45) is 0 Å². The average Bonchev–Trinajstić information content (AvgIpc) is 2.83. The molecule has 116 valence electrons. The van der Waals surface area contributed by atoms with Crippen LogP contribution in [-0.4, -0.2) is 18.3 Å². The second-order valence-corrected chi connectivity index (χ2v) is 6.14. The zero-order valence-electron chi connectivity index (χ0n) is 12.2. The lowest BCUT2D eigenvalue weighted by Crippen LogP contribution is -2.27. The van der Waals surface area contributed by atoms with Gasteiger partial charge in [0.2, 0.25) is 0 Å². The molecule has 1 aliphatic heterocycles. The number of methoxy groups -OCH3 is 1. The van der Waals surface area contributed by atoms with E-state index in [0.717, 1.165) is 28.0 Å². The number of hydrogen-bond acceptors (Lipinski definition) is 4. The minimum absolute atomic E-state index is 0.358. The maximum absolute atomic E-state index is 12.5. The largest absolute Gasteiger partial charge is 0.497 e. The summed E-state index contributed by atoms with van der Waals surface area (Å²) in [6.07, 6.45) is 1.68. The molecule has 3 rings (SSSR count). The molecule has 0 bridgehead atoms. The SMILES string of the molecule is COc1ccc(/C=C2\SC(=O)N(c3ccccc3Cl)C2=O)cc1. The summed E-state index contributed by atoms with van der Waals surface area (Å²) in [5.41, 5.74) is 1.21. The second-order valence-electron chi connectivity index (χ2n) is 4.74. The Morgan fingerprint density at radius 3 is 2.43 bits per heavy atom. The van der Waals surface area contributed by atoms with E-state index in [1.54, 1.807) is 49.6 Å². The molecule has 0 aromatic heterocycles. The van der Waals surface area contributed by atoms with E-state index in [1.165, 1.54) is 0 Å². The van der Waals surface area contributed by atoms with Crippen molar-refractivity contribution in [1.82, 2.24) is 0 Å². The molecule has 2 aromatic rings. The third kappa shape index (κ3) is 3.11. The van der Waals surface area contributed by atoms with Gasteiger partial charge in [0.1, 0.15) is 5.75 Å². The van der Waals surface area contributed by atoms with Crippen LogP contribution in [0.1, 0.15) is 5.56 Å². The Balaban J connectivity index is 1.91. The maximum atomic E-state index is 12.5. The fraction of sp³-hybridized carbons (Fsp3) is 0.0588. The molecule has 0 radical (unpaired) electrons. The standard InChI is InChI=1S/C17H12ClNO3S/c1-22-12-8-6-11(7-9-12)10-15-16(20)19(17(21)23-15)14-5-3-2-4-13(14)18/h2-10H,1H3/b15-10-. The molecule has 0 aliphatic carbocycles. The fourth-order valence-electron chi connectivity index (χ4n) is 2.16. The van der Waals surface area contributed by atoms with E-state index in [0.29, 0.717) is 15.6 Å². The highest BCUT2D eigenvalue weighted by Crippen LogP contribution is 2.38. The number of anilines is 1. The van der Waals surface area contributed by atoms with Gasteiger partial charge in [-0.3, -0.25) is 9.59 Å². The van der Waals surface area contributed by atoms with E-state index in [4.69, 9.17) is 16.3 Å². The summed E-state index contributed by atoms with van der Waals surface area (Å²) in [4.78, 5) is 26.2. The lowest BCUT2D eigenvalue weighted by atomic mass is 10.2. The number of thioether (sulfide) groups is 1. The lowest BCUT2D eigenvalue weighted by Gasteiger charge is -2.13. The fourth-order valence-corrected chi connectivity index (χ4v) is 3.21. The summed E-state index contributed by atoms with van der Waals surface area (Å²) in [6.45, 7) is 0. The average molecular weight is 346 g/mol. The van der Waals surface area contributed by atoms with E-state index in [2.05, 4.69) is 0 Å². The van der Waals surface area contributed by atoms with E-state index in [-0.39, 0.29) is 11.1 Å². The summed E-state index contributed by atoms with van der Waals surface area (Å²) in [6, 6.07) is 14.0. The minimum atomic E-state index is -0.371. The molecule has 0 unspecified atom stereocenters. The van der Waals surface area contributed by atoms with Crippen molar-refractivity contribution < 1.29 is 14.3 Å². The van der Waals surface area contributed by atoms with Gasteiger partial charge in [0, 0.05) is 0 Å². The molecule has 2 aromatic carbocycles. The van der Waals surface area contributed by atoms with E-state index in [1.807, 2.05) is 12.1 Å². The van der Waals surface area contributed by atoms with Crippen molar-refractivity contribution in [3.8, 4) is 5.75 Å². The molecule has 0 N–H and O–H groups in total. The predicted octanol–water partition coefficient (Wildman–Crippen LogP) is 4.59. The zero-order valence-corrected chi connectivity index (χ0v) is 13.7. The van der Waals surface area contributed by atoms with Gasteiger partial charge in [-0.15, -0.1) is 0 Å². The topological polar surface area (TPSA) is 46.6 Å². The molecule has 0 spiro atoms. The Morgan fingerprint density at radius 1 is 1.09 bits per heavy atom. The van der Waals surface area contributed by atoms with E-state index in [9.17, 15) is 9.59 Å². The van der Waals surface area contributed by atoms with Crippen molar-refractivity contribution in [2.45, 2.75) is 0 Å². The van der Waals surface area contributed by atoms with Gasteiger partial charge < -0.3 is 4.74 Å². The molecule has 2 amide bonds. The Kier molecular flexibility index (Phi) is 4.41. The van der Waals surface area contributed by atoms with Crippen molar-refractivity contribution in [1.29, 1.82) is 0 Å². The van der Waals surface area contributed by atoms with Gasteiger partial charge in [0.15, 0.2) is 0 Å². The van der Waals surface area contributed by atoms with Gasteiger partial charge >= 0.3 is 0 Å². The molecule has 1 heterocycles. The molecule has 0 saturated carbocycles. The second kappa shape index (κ2) is 6.48. The minimum Gasteiger partial charge on any atom is -0.497 e. The number of halogens is 1. The molecule has 0 atom stereocenters. The van der Waals surface area contributed by atoms with Crippen LogP contribution >= 0.6 is 23.4 Å². The first kappa shape index (κ1) is 15.6. The van der Waals surface area contributed by atoms with Crippen LogP contribution in [0, 0.1) is 0 Å². The van der Waals surface area contributed by atoms with Gasteiger partial charge in [-0.1, -0.05) is 35.9 Å². The number of carbonyl (C=O) groups excluding carboxylic acids is 2. The number of para-hydroxylation sites is 1. The number of ether oxygens (including phenoxy) is 1. The first-order valence-corrected chi connectivity index (χ1v) is 7.96. The number of hydrogen-bond donors (Lipinski definition) is 0. The molecule has 1 aliphatic rings. The van der Waals surface area contributed by atoms with E-state index >= 15 is 0 Å². The quantitative estimate of drug-likeness (QED) is 0.763. The van der Waals surface area contributed by atoms with Crippen LogP contribution in [0.3, 0.4) is 0 Å². The third-order valence-electron chi connectivity index (χ3n) is 3.30. The van der Waals surface area contributed by atoms with Crippen LogP contribution in [0.2, 0.25) is 5.02 Å². The number of carbonyl (C=O) groups is 2. The molecular formula is C17H12ClNO3S. The number of benzene rings is 2. The van der Waals surface area contributed by atoms with Crippen LogP contribution < -0.4 is 9.64 Å². The molecule has 1 fully saturated rings. The van der Waals surface area contributed by atoms with Crippen LogP contribution in [0.15, 0.2) is 53.4 Å². The molecule has 1 saturated heterocycles. The highest BCUT2D eigenvalue weighted by Gasteiger charge is 2.37. The van der Waals surface area contributed by atoms with Gasteiger partial charge in [-0.25, -0.2) is 4.90 Å². The summed E-state index contributed by atoms with van der Waals surface area (Å²) in [5.74, 6) is 0.357. The van der Waals surface area contributed by atoms with Gasteiger partial charge in [-0.2, -0.15) is 0 Å². The van der Waals surface area contributed by atoms with Crippen molar-refractivity contribution in [3.63, 3.8) is 0 Å². The van der Waals surface area contributed by atoms with Gasteiger partial charge in [-0.05, 0) is 47.7 Å². The Bertz CT molecular complexity index is 802. The van der Waals surface area contributed by atoms with Gasteiger partial charge in [0.05, 0.1) is 22.7 Å². The zero-order chi connectivity index (χ0) is 16.4. The van der Waals surface area contributed by atoms with Crippen LogP contribution in [-0.2, 0) is 4.79 Å². The highest BCUT2D eigenvalue weighted by molar-refractivity contribution is 8.19. The summed E-state index contributed by atoms with van der Waals surface area (Å²) in [5, 5.41) is 0.00311. The molecule has 6 heteroatoms. The van der Waals surface area contributed by atoms with Crippen molar-refractivity contribution in [3.05, 3.63) is 64.0 Å². The number of imide groups is 1. The van der Waals surface area contributed by atoms with Crippen molar-refractivity contribution in [2.75, 3.05) is 12.0 Å². The summed E-state index contributed by atoms with van der Waals surface area (Å²) in [7, 11) is 1.59. The normalized spacial score (nSPS) is 16.3. The summed E-state index contributed by atoms with van der Waals surface area (Å²) >= 11 is 6.99. The van der Waals surface area contributed by atoms with E-state index < -0.39 is 0 Å². The molecular weight excluding hydrogens is 334 g/mol. The van der Waals surface area contributed by atoms with Gasteiger partial charge in [0.25, 0.3) is 11.1 Å². The van der Waals surface area contributed by atoms with Crippen LogP contribution in [0.5, 0.6) is 5.75 Å². The first-order valence-electron chi connectivity index (χ1n) is 6.76.